The van der Waals surface area contributed by atoms with E-state index in [1.165, 1.54) is 11.8 Å². The lowest BCUT2D eigenvalue weighted by molar-refractivity contribution is -0.131. The molecule has 2 N–H and O–H groups in total. The van der Waals surface area contributed by atoms with Crippen LogP contribution in [0.2, 0.25) is 5.02 Å². The molecule has 0 unspecified atom stereocenters. The predicted octanol–water partition coefficient (Wildman–Crippen LogP) is 2.45. The largest absolute Gasteiger partial charge is 0.484 e. The molecule has 0 fully saturated rings. The molecular formula is C18H17ClN2O5S. The second-order valence-corrected chi connectivity index (χ2v) is 6.40. The van der Waals surface area contributed by atoms with Crippen molar-refractivity contribution < 1.29 is 23.9 Å². The van der Waals surface area contributed by atoms with Gasteiger partial charge in [0, 0.05) is 9.92 Å². The summed E-state index contributed by atoms with van der Waals surface area (Å²) < 4.78 is 10.2. The van der Waals surface area contributed by atoms with Gasteiger partial charge in [-0.3, -0.25) is 20.4 Å². The summed E-state index contributed by atoms with van der Waals surface area (Å²) in [6, 6.07) is 13.4. The van der Waals surface area contributed by atoms with E-state index in [0.717, 1.165) is 4.90 Å². The smallest absolute Gasteiger partial charge is 0.339 e. The third-order valence-corrected chi connectivity index (χ3v) is 4.23. The van der Waals surface area contributed by atoms with E-state index in [0.29, 0.717) is 16.3 Å². The van der Waals surface area contributed by atoms with Gasteiger partial charge in [0.2, 0.25) is 0 Å². The Balaban J connectivity index is 1.70. The number of nitrogens with one attached hydrogen (secondary N) is 2. The van der Waals surface area contributed by atoms with Crippen LogP contribution in [0, 0.1) is 0 Å². The molecule has 0 saturated heterocycles. The molecule has 2 amide bonds. The lowest BCUT2D eigenvalue weighted by Gasteiger charge is -2.10. The minimum atomic E-state index is -0.676. The predicted molar refractivity (Wildman–Crippen MR) is 102 cm³/mol. The van der Waals surface area contributed by atoms with E-state index in [2.05, 4.69) is 10.9 Å². The van der Waals surface area contributed by atoms with Gasteiger partial charge in [-0.15, -0.1) is 11.8 Å². The van der Waals surface area contributed by atoms with Crippen LogP contribution >= 0.6 is 23.4 Å². The van der Waals surface area contributed by atoms with E-state index in [1.54, 1.807) is 48.5 Å². The van der Waals surface area contributed by atoms with E-state index in [9.17, 15) is 14.4 Å². The van der Waals surface area contributed by atoms with Crippen LogP contribution in [0.3, 0.4) is 0 Å². The molecule has 0 saturated carbocycles. The molecule has 0 bridgehead atoms. The average molecular weight is 409 g/mol. The molecule has 0 aromatic heterocycles. The fourth-order valence-electron chi connectivity index (χ4n) is 1.91. The van der Waals surface area contributed by atoms with Crippen molar-refractivity contribution in [1.29, 1.82) is 0 Å². The summed E-state index contributed by atoms with van der Waals surface area (Å²) in [4.78, 5) is 36.1. The molecule has 0 aliphatic carbocycles. The van der Waals surface area contributed by atoms with Crippen LogP contribution in [-0.4, -0.2) is 37.3 Å². The van der Waals surface area contributed by atoms with Gasteiger partial charge in [0.25, 0.3) is 11.8 Å². The number of hydrazine groups is 1. The molecular weight excluding hydrogens is 392 g/mol. The zero-order chi connectivity index (χ0) is 19.6. The number of rotatable bonds is 7. The Kier molecular flexibility index (Phi) is 7.97. The molecule has 7 nitrogen and oxygen atoms in total. The minimum Gasteiger partial charge on any atom is -0.484 e. The molecule has 0 aliphatic rings. The van der Waals surface area contributed by atoms with E-state index in [1.807, 2.05) is 6.26 Å². The Morgan fingerprint density at radius 2 is 1.59 bits per heavy atom. The van der Waals surface area contributed by atoms with Crippen molar-refractivity contribution in [3.63, 3.8) is 0 Å². The summed E-state index contributed by atoms with van der Waals surface area (Å²) in [5.74, 6) is -1.41. The summed E-state index contributed by atoms with van der Waals surface area (Å²) >= 11 is 7.14. The Morgan fingerprint density at radius 1 is 0.963 bits per heavy atom. The van der Waals surface area contributed by atoms with Gasteiger partial charge in [-0.2, -0.15) is 0 Å². The van der Waals surface area contributed by atoms with Crippen LogP contribution in [0.5, 0.6) is 5.75 Å². The minimum absolute atomic E-state index is 0.303. The quantitative estimate of drug-likeness (QED) is 0.415. The Bertz CT molecular complexity index is 814. The first-order chi connectivity index (χ1) is 13.0. The monoisotopic (exact) mass is 408 g/mol. The third-order valence-electron chi connectivity index (χ3n) is 3.19. The lowest BCUT2D eigenvalue weighted by Crippen LogP contribution is -2.45. The number of benzene rings is 2. The molecule has 0 atom stereocenters. The summed E-state index contributed by atoms with van der Waals surface area (Å²) in [7, 11) is 0. The highest BCUT2D eigenvalue weighted by atomic mass is 35.5. The zero-order valence-electron chi connectivity index (χ0n) is 14.4. The van der Waals surface area contributed by atoms with Crippen molar-refractivity contribution in [3.05, 3.63) is 59.1 Å². The van der Waals surface area contributed by atoms with E-state index >= 15 is 0 Å². The average Bonchev–Trinajstić information content (AvgIpc) is 2.69. The molecule has 0 radical (unpaired) electrons. The van der Waals surface area contributed by atoms with Gasteiger partial charge in [-0.25, -0.2) is 4.79 Å². The topological polar surface area (TPSA) is 93.7 Å². The normalized spacial score (nSPS) is 10.0. The standard InChI is InChI=1S/C18H17ClN2O5S/c1-27-15-5-3-2-4-14(15)18(24)26-11-17(23)21-20-16(22)10-25-13-8-6-12(19)7-9-13/h2-9H,10-11H2,1H3,(H,20,22)(H,21,23). The van der Waals surface area contributed by atoms with Gasteiger partial charge in [-0.1, -0.05) is 23.7 Å². The fraction of sp³-hybridized carbons (Fsp3) is 0.167. The van der Waals surface area contributed by atoms with E-state index in [-0.39, 0.29) is 6.61 Å². The zero-order valence-corrected chi connectivity index (χ0v) is 15.9. The number of carbonyl (C=O) groups is 3. The fourth-order valence-corrected chi connectivity index (χ4v) is 2.63. The van der Waals surface area contributed by atoms with Crippen molar-refractivity contribution in [3.8, 4) is 5.75 Å². The highest BCUT2D eigenvalue weighted by molar-refractivity contribution is 7.98. The maximum Gasteiger partial charge on any atom is 0.339 e. The molecule has 0 aliphatic heterocycles. The van der Waals surface area contributed by atoms with Crippen molar-refractivity contribution in [2.45, 2.75) is 4.90 Å². The molecule has 9 heteroatoms. The van der Waals surface area contributed by atoms with Crippen LogP contribution in [0.25, 0.3) is 0 Å². The second-order valence-electron chi connectivity index (χ2n) is 5.12. The third kappa shape index (κ3) is 6.84. The first-order valence-corrected chi connectivity index (χ1v) is 9.36. The van der Waals surface area contributed by atoms with Crippen LogP contribution < -0.4 is 15.6 Å². The van der Waals surface area contributed by atoms with Gasteiger partial charge in [0.1, 0.15) is 5.75 Å². The van der Waals surface area contributed by atoms with Crippen molar-refractivity contribution >= 4 is 41.1 Å². The highest BCUT2D eigenvalue weighted by Gasteiger charge is 2.14. The summed E-state index contributed by atoms with van der Waals surface area (Å²) in [5, 5.41) is 0.550. The second kappa shape index (κ2) is 10.4. The first kappa shape index (κ1) is 20.6. The SMILES string of the molecule is CSc1ccccc1C(=O)OCC(=O)NNC(=O)COc1ccc(Cl)cc1. The number of halogens is 1. The number of hydrogen-bond acceptors (Lipinski definition) is 6. The van der Waals surface area contributed by atoms with Gasteiger partial charge < -0.3 is 9.47 Å². The molecule has 0 heterocycles. The number of esters is 1. The van der Waals surface area contributed by atoms with Crippen LogP contribution in [0.4, 0.5) is 0 Å². The highest BCUT2D eigenvalue weighted by Crippen LogP contribution is 2.20. The maximum absolute atomic E-state index is 12.0. The summed E-state index contributed by atoms with van der Waals surface area (Å²) in [5.41, 5.74) is 4.68. The van der Waals surface area contributed by atoms with Crippen LogP contribution in [-0.2, 0) is 14.3 Å². The molecule has 142 valence electrons. The Labute approximate surface area is 165 Å². The Hall–Kier alpha value is -2.71. The summed E-state index contributed by atoms with van der Waals surface area (Å²) in [6.07, 6.45) is 1.83. The molecule has 0 spiro atoms. The first-order valence-electron chi connectivity index (χ1n) is 7.76. The number of ether oxygens (including phenoxy) is 2. The molecule has 2 rings (SSSR count). The Morgan fingerprint density at radius 3 is 2.26 bits per heavy atom. The molecule has 2 aromatic carbocycles. The van der Waals surface area contributed by atoms with E-state index in [4.69, 9.17) is 21.1 Å². The molecule has 27 heavy (non-hydrogen) atoms. The van der Waals surface area contributed by atoms with Crippen molar-refractivity contribution in [2.75, 3.05) is 19.5 Å². The number of hydrogen-bond donors (Lipinski definition) is 2. The number of carbonyl (C=O) groups excluding carboxylic acids is 3. The number of thioether (sulfide) groups is 1. The van der Waals surface area contributed by atoms with Crippen LogP contribution in [0.1, 0.15) is 10.4 Å². The van der Waals surface area contributed by atoms with Crippen LogP contribution in [0.15, 0.2) is 53.4 Å². The van der Waals surface area contributed by atoms with Gasteiger partial charge >= 0.3 is 5.97 Å². The van der Waals surface area contributed by atoms with Crippen molar-refractivity contribution in [2.24, 2.45) is 0 Å². The van der Waals surface area contributed by atoms with Crippen molar-refractivity contribution in [1.82, 2.24) is 10.9 Å². The van der Waals surface area contributed by atoms with Gasteiger partial charge in [0.15, 0.2) is 13.2 Å². The molecule has 2 aromatic rings. The van der Waals surface area contributed by atoms with E-state index < -0.39 is 24.4 Å². The lowest BCUT2D eigenvalue weighted by atomic mass is 10.2. The van der Waals surface area contributed by atoms with Gasteiger partial charge in [0.05, 0.1) is 5.56 Å². The number of amides is 2. The van der Waals surface area contributed by atoms with Gasteiger partial charge in [-0.05, 0) is 42.7 Å². The maximum atomic E-state index is 12.0. The summed E-state index contributed by atoms with van der Waals surface area (Å²) in [6.45, 7) is -0.831.